The molecule has 5 N–H and O–H groups in total. The van der Waals surface area contributed by atoms with E-state index in [4.69, 9.17) is 25.6 Å². The third kappa shape index (κ3) is 13.9. The number of carbonyl (C=O) groups excluding carboxylic acids is 3. The topological polar surface area (TPSA) is 232 Å². The van der Waals surface area contributed by atoms with Crippen LogP contribution in [0.4, 0.5) is 16.2 Å². The number of alkyl carbamates (subject to hydrolysis) is 1. The molecule has 15 heteroatoms. The van der Waals surface area contributed by atoms with E-state index >= 15 is 0 Å². The van der Waals surface area contributed by atoms with Crippen molar-refractivity contribution in [2.45, 2.75) is 51.7 Å². The molecule has 2 rings (SSSR count). The van der Waals surface area contributed by atoms with E-state index in [1.54, 1.807) is 51.1 Å². The number of carboxylic acid groups (broad SMARTS) is 1. The summed E-state index contributed by atoms with van der Waals surface area (Å²) in [6.07, 6.45) is 1.02. The van der Waals surface area contributed by atoms with Crippen LogP contribution in [0.5, 0.6) is 0 Å². The Morgan fingerprint density at radius 3 is 2.02 bits per heavy atom. The van der Waals surface area contributed by atoms with Crippen LogP contribution >= 0.6 is 0 Å². The zero-order chi connectivity index (χ0) is 30.8. The third-order valence-electron chi connectivity index (χ3n) is 4.91. The number of nitrogens with zero attached hydrogens (tertiary/aromatic N) is 4. The van der Waals surface area contributed by atoms with Crippen LogP contribution in [0, 0.1) is 11.1 Å². The van der Waals surface area contributed by atoms with E-state index in [1.807, 2.05) is 0 Å². The fraction of sp³-hybridized carbons (Fsp3) is 0.385. The van der Waals surface area contributed by atoms with Gasteiger partial charge in [-0.1, -0.05) is 12.1 Å². The summed E-state index contributed by atoms with van der Waals surface area (Å²) in [7, 11) is 1.25. The van der Waals surface area contributed by atoms with E-state index in [1.165, 1.54) is 25.3 Å². The van der Waals surface area contributed by atoms with Gasteiger partial charge in [0.15, 0.2) is 21.6 Å². The van der Waals surface area contributed by atoms with Crippen LogP contribution in [0.15, 0.2) is 58.8 Å². The molecule has 0 aliphatic heterocycles. The Bertz CT molecular complexity index is 1300. The predicted molar refractivity (Wildman–Crippen MR) is 145 cm³/mol. The number of aromatic carboxylic acids is 1. The molecule has 0 aliphatic rings. The SMILES string of the molecule is COC(=O)[C@@H](CCCCNC(=O)OC(C)(C)C)NC(=O)c1cccc(N=[N+]=N)c1.N=[N+]=Nc1cccc(C(=O)O)c1. The molecule has 2 aromatic carbocycles. The van der Waals surface area contributed by atoms with Crippen molar-refractivity contribution in [1.82, 2.24) is 20.5 Å². The highest BCUT2D eigenvalue weighted by Gasteiger charge is 2.22. The van der Waals surface area contributed by atoms with E-state index in [2.05, 4.69) is 30.7 Å². The Labute approximate surface area is 236 Å². The molecule has 2 aromatic rings. The van der Waals surface area contributed by atoms with Crippen LogP contribution in [-0.4, -0.2) is 54.3 Å². The molecule has 2 amide bonds. The lowest BCUT2D eigenvalue weighted by molar-refractivity contribution is -0.143. The second-order valence-electron chi connectivity index (χ2n) is 9.28. The summed E-state index contributed by atoms with van der Waals surface area (Å²) in [6.45, 7) is 5.72. The summed E-state index contributed by atoms with van der Waals surface area (Å²) in [5.74, 6) is -2.04. The lowest BCUT2D eigenvalue weighted by atomic mass is 10.1. The van der Waals surface area contributed by atoms with Crippen LogP contribution in [0.1, 0.15) is 60.7 Å². The summed E-state index contributed by atoms with van der Waals surface area (Å²) in [6, 6.07) is 11.3. The molecule has 0 radical (unpaired) electrons. The molecule has 0 unspecified atom stereocenters. The van der Waals surface area contributed by atoms with Gasteiger partial charge in [-0.05, 0) is 76.4 Å². The first-order valence-electron chi connectivity index (χ1n) is 12.3. The first-order chi connectivity index (χ1) is 19.4. The quantitative estimate of drug-likeness (QED) is 0.113. The molecular weight excluding hydrogens is 536 g/mol. The molecule has 0 heterocycles. The lowest BCUT2D eigenvalue weighted by Gasteiger charge is -2.20. The van der Waals surface area contributed by atoms with E-state index in [0.29, 0.717) is 37.2 Å². The summed E-state index contributed by atoms with van der Waals surface area (Å²) >= 11 is 0. The van der Waals surface area contributed by atoms with E-state index in [0.717, 1.165) is 0 Å². The van der Waals surface area contributed by atoms with Gasteiger partial charge in [0.05, 0.1) is 12.7 Å². The zero-order valence-corrected chi connectivity index (χ0v) is 23.2. The maximum absolute atomic E-state index is 12.4. The van der Waals surface area contributed by atoms with E-state index < -0.39 is 35.6 Å². The summed E-state index contributed by atoms with van der Waals surface area (Å²) in [4.78, 5) is 52.2. The van der Waals surface area contributed by atoms with Gasteiger partial charge in [-0.3, -0.25) is 4.79 Å². The van der Waals surface area contributed by atoms with Crippen LogP contribution in [0.2, 0.25) is 0 Å². The minimum Gasteiger partial charge on any atom is -0.478 e. The van der Waals surface area contributed by atoms with E-state index in [9.17, 15) is 19.2 Å². The average molecular weight is 571 g/mol. The number of unbranched alkanes of at least 4 members (excludes halogenated alkanes) is 1. The lowest BCUT2D eigenvalue weighted by Crippen LogP contribution is -2.41. The normalized spacial score (nSPS) is 10.7. The maximum Gasteiger partial charge on any atom is 0.407 e. The molecule has 0 aromatic heterocycles. The van der Waals surface area contributed by atoms with Gasteiger partial charge in [0, 0.05) is 12.1 Å². The molecule has 0 spiro atoms. The number of rotatable bonds is 11. The van der Waals surface area contributed by atoms with Gasteiger partial charge in [0.1, 0.15) is 22.7 Å². The van der Waals surface area contributed by atoms with Gasteiger partial charge in [0.2, 0.25) is 9.82 Å². The van der Waals surface area contributed by atoms with Gasteiger partial charge in [-0.2, -0.15) is 0 Å². The highest BCUT2D eigenvalue weighted by Crippen LogP contribution is 2.14. The molecule has 0 fully saturated rings. The number of carbonyl (C=O) groups is 4. The molecule has 41 heavy (non-hydrogen) atoms. The standard InChI is InChI=1S/C19H27N5O5.C7H5N3O2/c1-19(2,3)29-18(27)21-11-6-5-10-15(17(26)28-4)22-16(25)13-8-7-9-14(12-13)23-24-20;8-10-9-6-3-1-2-5(4-6)7(11)12/h7-9,12,15,20H,5-6,10-11H2,1-4H3,(H-,21,22,25,27);1-4,8H/p+2/t15-;/m1./s1. The van der Waals surface area contributed by atoms with Crippen molar-refractivity contribution in [3.63, 3.8) is 0 Å². The van der Waals surface area contributed by atoms with Gasteiger partial charge in [0.25, 0.3) is 5.91 Å². The number of hydrogen-bond acceptors (Lipinski definition) is 10. The number of esters is 1. The fourth-order valence-corrected chi connectivity index (χ4v) is 3.14. The summed E-state index contributed by atoms with van der Waals surface area (Å²) in [5, 5.41) is 20.8. The smallest absolute Gasteiger partial charge is 0.407 e. The number of nitrogens with one attached hydrogen (secondary N) is 4. The molecule has 0 saturated heterocycles. The zero-order valence-electron chi connectivity index (χ0n) is 23.2. The Kier molecular flexibility index (Phi) is 14.3. The number of amides is 2. The largest absolute Gasteiger partial charge is 0.478 e. The monoisotopic (exact) mass is 570 g/mol. The predicted octanol–water partition coefficient (Wildman–Crippen LogP) is 4.40. The molecule has 0 bridgehead atoms. The third-order valence-corrected chi connectivity index (χ3v) is 4.91. The Morgan fingerprint density at radius 2 is 1.51 bits per heavy atom. The van der Waals surface area contributed by atoms with Crippen molar-refractivity contribution < 1.29 is 33.8 Å². The minimum atomic E-state index is -1.02. The highest BCUT2D eigenvalue weighted by atomic mass is 16.6. The molecule has 0 saturated carbocycles. The van der Waals surface area contributed by atoms with Crippen LogP contribution in [-0.2, 0) is 14.3 Å². The van der Waals surface area contributed by atoms with Crippen LogP contribution < -0.4 is 20.5 Å². The highest BCUT2D eigenvalue weighted by molar-refractivity contribution is 5.97. The number of benzene rings is 2. The van der Waals surface area contributed by atoms with Gasteiger partial charge in [-0.15, -0.1) is 0 Å². The number of carboxylic acids is 1. The average Bonchev–Trinajstić information content (AvgIpc) is 2.91. The van der Waals surface area contributed by atoms with Crippen molar-refractivity contribution in [2.75, 3.05) is 13.7 Å². The second kappa shape index (κ2) is 17.4. The van der Waals surface area contributed by atoms with Crippen molar-refractivity contribution in [2.24, 2.45) is 10.2 Å². The first kappa shape index (κ1) is 33.8. The van der Waals surface area contributed by atoms with Gasteiger partial charge >= 0.3 is 18.0 Å². The molecule has 218 valence electrons. The maximum atomic E-state index is 12.4. The minimum absolute atomic E-state index is 0.139. The summed E-state index contributed by atoms with van der Waals surface area (Å²) in [5.41, 5.74) is 13.8. The Morgan fingerprint density at radius 1 is 0.951 bits per heavy atom. The molecule has 0 aliphatic carbocycles. The number of ether oxygens (including phenoxy) is 2. The second-order valence-corrected chi connectivity index (χ2v) is 9.28. The number of hydrogen-bond donors (Lipinski definition) is 5. The molecule has 15 nitrogen and oxygen atoms in total. The number of methoxy groups -OCH3 is 1. The fourth-order valence-electron chi connectivity index (χ4n) is 3.14. The van der Waals surface area contributed by atoms with Crippen LogP contribution in [0.3, 0.4) is 0 Å². The van der Waals surface area contributed by atoms with Gasteiger partial charge in [-0.25, -0.2) is 14.4 Å². The first-order valence-corrected chi connectivity index (χ1v) is 12.3. The van der Waals surface area contributed by atoms with Gasteiger partial charge < -0.3 is 25.2 Å². The summed E-state index contributed by atoms with van der Waals surface area (Å²) < 4.78 is 9.90. The Hall–Kier alpha value is -5.26. The van der Waals surface area contributed by atoms with Crippen molar-refractivity contribution in [1.29, 1.82) is 11.1 Å². The van der Waals surface area contributed by atoms with Crippen molar-refractivity contribution >= 4 is 35.3 Å². The van der Waals surface area contributed by atoms with Crippen molar-refractivity contribution in [3.05, 3.63) is 59.7 Å². The Balaban J connectivity index is 0.000000580. The van der Waals surface area contributed by atoms with Crippen molar-refractivity contribution in [3.8, 4) is 0 Å². The molecule has 1 atom stereocenters. The molecular formula is C26H34N8O7+2. The van der Waals surface area contributed by atoms with Crippen LogP contribution in [0.25, 0.3) is 0 Å². The van der Waals surface area contributed by atoms with E-state index in [-0.39, 0.29) is 11.1 Å².